The Bertz CT molecular complexity index is 1130. The number of ether oxygens (including phenoxy) is 1. The zero-order valence-electron chi connectivity index (χ0n) is 17.1. The lowest BCUT2D eigenvalue weighted by molar-refractivity contribution is 0.0223. The van der Waals surface area contributed by atoms with Crippen molar-refractivity contribution in [1.82, 2.24) is 24.2 Å². The van der Waals surface area contributed by atoms with E-state index in [1.165, 1.54) is 0 Å². The molecule has 0 atom stereocenters. The van der Waals surface area contributed by atoms with Crippen LogP contribution in [0.5, 0.6) is 0 Å². The Labute approximate surface area is 179 Å². The van der Waals surface area contributed by atoms with Crippen LogP contribution in [0.2, 0.25) is 10.2 Å². The number of aryl methyl sites for hydroxylation is 2. The topological polar surface area (TPSA) is 65.2 Å². The molecule has 0 N–H and O–H groups in total. The van der Waals surface area contributed by atoms with Crippen LogP contribution in [0.15, 0.2) is 12.3 Å². The van der Waals surface area contributed by atoms with E-state index in [9.17, 15) is 4.79 Å². The van der Waals surface area contributed by atoms with Gasteiger partial charge in [0, 0.05) is 49.9 Å². The van der Waals surface area contributed by atoms with Gasteiger partial charge in [-0.05, 0) is 26.8 Å². The van der Waals surface area contributed by atoms with Crippen LogP contribution in [0.3, 0.4) is 0 Å². The van der Waals surface area contributed by atoms with E-state index >= 15 is 0 Å². The Hall–Kier alpha value is -2.25. The Kier molecular flexibility index (Phi) is 4.78. The molecule has 3 aromatic rings. The molecule has 29 heavy (non-hydrogen) atoms. The number of nitrogens with zero attached hydrogens (tertiary/aromatic N) is 5. The summed E-state index contributed by atoms with van der Waals surface area (Å²) >= 11 is 12.9. The van der Waals surface area contributed by atoms with Crippen LogP contribution in [-0.4, -0.2) is 42.5 Å². The lowest BCUT2D eigenvalue weighted by Gasteiger charge is -2.30. The van der Waals surface area contributed by atoms with E-state index in [-0.39, 0.29) is 11.2 Å². The van der Waals surface area contributed by atoms with E-state index in [4.69, 9.17) is 27.9 Å². The van der Waals surface area contributed by atoms with Gasteiger partial charge in [-0.3, -0.25) is 4.68 Å². The monoisotopic (exact) mass is 435 g/mol. The molecule has 154 valence electrons. The molecule has 0 saturated carbocycles. The molecule has 0 aliphatic carbocycles. The Morgan fingerprint density at radius 2 is 1.97 bits per heavy atom. The predicted octanol–water partition coefficient (Wildman–Crippen LogP) is 4.57. The number of aromatic nitrogens is 4. The first kappa shape index (κ1) is 20.0. The van der Waals surface area contributed by atoms with Crippen molar-refractivity contribution >= 4 is 40.2 Å². The summed E-state index contributed by atoms with van der Waals surface area (Å²) in [5, 5.41) is 6.02. The fraction of sp³-hybridized carbons (Fsp3) is 0.450. The van der Waals surface area contributed by atoms with E-state index in [1.807, 2.05) is 47.1 Å². The quantitative estimate of drug-likeness (QED) is 0.524. The molecule has 7 nitrogen and oxygen atoms in total. The molecule has 0 bridgehead atoms. The third-order valence-corrected chi connectivity index (χ3v) is 5.77. The molecule has 0 radical (unpaired) electrons. The zero-order chi connectivity index (χ0) is 21.1. The maximum Gasteiger partial charge on any atom is 0.410 e. The molecular weight excluding hydrogens is 413 g/mol. The summed E-state index contributed by atoms with van der Waals surface area (Å²) in [4.78, 5) is 18.9. The molecule has 0 aromatic carbocycles. The van der Waals surface area contributed by atoms with Crippen molar-refractivity contribution in [3.63, 3.8) is 0 Å². The van der Waals surface area contributed by atoms with Crippen LogP contribution in [0, 0.1) is 0 Å². The van der Waals surface area contributed by atoms with Gasteiger partial charge in [-0.1, -0.05) is 23.2 Å². The summed E-state index contributed by atoms with van der Waals surface area (Å²) in [7, 11) is 3.82. The molecular formula is C20H23Cl2N5O2. The number of halogens is 2. The maximum atomic E-state index is 12.7. The van der Waals surface area contributed by atoms with Gasteiger partial charge in [0.2, 0.25) is 0 Å². The van der Waals surface area contributed by atoms with Crippen LogP contribution in [-0.2, 0) is 31.8 Å². The van der Waals surface area contributed by atoms with Gasteiger partial charge in [0.25, 0.3) is 0 Å². The van der Waals surface area contributed by atoms with Gasteiger partial charge in [-0.25, -0.2) is 9.78 Å². The number of pyridine rings is 1. The van der Waals surface area contributed by atoms with Crippen LogP contribution >= 0.6 is 23.2 Å². The van der Waals surface area contributed by atoms with Crippen LogP contribution in [0.1, 0.15) is 32.0 Å². The van der Waals surface area contributed by atoms with Crippen molar-refractivity contribution in [2.75, 3.05) is 6.54 Å². The molecule has 0 saturated heterocycles. The lowest BCUT2D eigenvalue weighted by atomic mass is 10.0. The van der Waals surface area contributed by atoms with Gasteiger partial charge < -0.3 is 14.2 Å². The minimum absolute atomic E-state index is 0.238. The molecule has 0 spiro atoms. The van der Waals surface area contributed by atoms with E-state index < -0.39 is 5.60 Å². The number of carbonyl (C=O) groups is 1. The van der Waals surface area contributed by atoms with E-state index in [0.717, 1.165) is 22.2 Å². The Morgan fingerprint density at radius 1 is 1.24 bits per heavy atom. The minimum Gasteiger partial charge on any atom is -0.444 e. The van der Waals surface area contributed by atoms with Crippen LogP contribution in [0.25, 0.3) is 22.3 Å². The molecule has 4 heterocycles. The van der Waals surface area contributed by atoms with Crippen LogP contribution in [0.4, 0.5) is 4.79 Å². The highest BCUT2D eigenvalue weighted by molar-refractivity contribution is 6.44. The zero-order valence-corrected chi connectivity index (χ0v) is 18.6. The Morgan fingerprint density at radius 3 is 2.59 bits per heavy atom. The second-order valence-corrected chi connectivity index (χ2v) is 9.04. The van der Waals surface area contributed by atoms with Gasteiger partial charge in [-0.2, -0.15) is 5.10 Å². The summed E-state index contributed by atoms with van der Waals surface area (Å²) < 4.78 is 9.34. The molecule has 0 unspecified atom stereocenters. The molecule has 3 aromatic heterocycles. The summed E-state index contributed by atoms with van der Waals surface area (Å²) in [6.45, 7) is 6.58. The third kappa shape index (κ3) is 3.46. The normalized spacial score (nSPS) is 14.4. The Balaban J connectivity index is 1.89. The number of carbonyl (C=O) groups excluding carboxylic acids is 1. The SMILES string of the molecule is Cn1ccc(-c2nc(Cl)c(Cl)c3c2c2c(n3C)CCN(C(=O)OC(C)(C)C)C2)n1. The molecule has 1 amide bonds. The molecule has 9 heteroatoms. The van der Waals surface area contributed by atoms with Gasteiger partial charge in [0.15, 0.2) is 5.15 Å². The summed E-state index contributed by atoms with van der Waals surface area (Å²) in [6.07, 6.45) is 2.22. The van der Waals surface area contributed by atoms with Gasteiger partial charge in [0.05, 0.1) is 12.1 Å². The highest BCUT2D eigenvalue weighted by Crippen LogP contribution is 2.41. The number of amides is 1. The van der Waals surface area contributed by atoms with Crippen molar-refractivity contribution in [1.29, 1.82) is 0 Å². The molecule has 4 rings (SSSR count). The second kappa shape index (κ2) is 6.92. The largest absolute Gasteiger partial charge is 0.444 e. The van der Waals surface area contributed by atoms with E-state index in [2.05, 4.69) is 14.6 Å². The number of rotatable bonds is 1. The van der Waals surface area contributed by atoms with E-state index in [1.54, 1.807) is 9.58 Å². The van der Waals surface area contributed by atoms with Gasteiger partial charge >= 0.3 is 6.09 Å². The standard InChI is InChI=1S/C20H23Cl2N5O2/c1-20(2,3)29-19(28)27-9-7-13-11(10-27)14-16(12-6-8-25(4)24-12)23-18(22)15(21)17(14)26(13)5/h6,8H,7,9-10H2,1-5H3. The van der Waals surface area contributed by atoms with Crippen molar-refractivity contribution in [2.45, 2.75) is 39.3 Å². The average Bonchev–Trinajstić information content (AvgIpc) is 3.18. The van der Waals surface area contributed by atoms with E-state index in [0.29, 0.717) is 35.9 Å². The smallest absolute Gasteiger partial charge is 0.410 e. The first-order valence-electron chi connectivity index (χ1n) is 9.40. The summed E-state index contributed by atoms with van der Waals surface area (Å²) in [6, 6.07) is 1.89. The first-order valence-corrected chi connectivity index (χ1v) is 10.2. The van der Waals surface area contributed by atoms with Crippen molar-refractivity contribution in [3.8, 4) is 11.4 Å². The fourth-order valence-corrected chi connectivity index (χ4v) is 4.25. The highest BCUT2D eigenvalue weighted by atomic mass is 35.5. The third-order valence-electron chi connectivity index (χ3n) is 5.04. The fourth-order valence-electron chi connectivity index (χ4n) is 3.81. The van der Waals surface area contributed by atoms with Crippen LogP contribution < -0.4 is 0 Å². The molecule has 1 aliphatic heterocycles. The first-order chi connectivity index (χ1) is 13.6. The van der Waals surface area contributed by atoms with Crippen molar-refractivity contribution in [3.05, 3.63) is 33.7 Å². The maximum absolute atomic E-state index is 12.7. The minimum atomic E-state index is -0.548. The van der Waals surface area contributed by atoms with Crippen molar-refractivity contribution < 1.29 is 9.53 Å². The van der Waals surface area contributed by atoms with Gasteiger partial charge in [0.1, 0.15) is 22.0 Å². The van der Waals surface area contributed by atoms with Gasteiger partial charge in [-0.15, -0.1) is 0 Å². The van der Waals surface area contributed by atoms with Crippen molar-refractivity contribution in [2.24, 2.45) is 14.1 Å². The average molecular weight is 436 g/mol. The number of hydrogen-bond donors (Lipinski definition) is 0. The predicted molar refractivity (Wildman–Crippen MR) is 113 cm³/mol. The number of fused-ring (bicyclic) bond motifs is 3. The summed E-state index contributed by atoms with van der Waals surface area (Å²) in [5.74, 6) is 0. The molecule has 1 aliphatic rings. The number of hydrogen-bond acceptors (Lipinski definition) is 4. The second-order valence-electron chi connectivity index (χ2n) is 8.30. The summed E-state index contributed by atoms with van der Waals surface area (Å²) in [5.41, 5.74) is 3.75. The lowest BCUT2D eigenvalue weighted by Crippen LogP contribution is -2.40. The molecule has 0 fully saturated rings. The highest BCUT2D eigenvalue weighted by Gasteiger charge is 2.32.